The summed E-state index contributed by atoms with van der Waals surface area (Å²) in [4.78, 5) is 14.2. The maximum absolute atomic E-state index is 12.1. The van der Waals surface area contributed by atoms with E-state index >= 15 is 0 Å². The fourth-order valence-electron chi connectivity index (χ4n) is 2.31. The van der Waals surface area contributed by atoms with E-state index in [1.807, 2.05) is 0 Å². The minimum Gasteiger partial charge on any atom is -0.394 e. The molecule has 19 heavy (non-hydrogen) atoms. The fraction of sp³-hybridized carbons (Fsp3) is 0.667. The Balaban J connectivity index is 2.26. The number of aromatic nitrogens is 2. The second-order valence-corrected chi connectivity index (χ2v) is 5.76. The van der Waals surface area contributed by atoms with Gasteiger partial charge in [-0.05, 0) is 28.3 Å². The quantitative estimate of drug-likeness (QED) is 0.825. The van der Waals surface area contributed by atoms with Crippen LogP contribution in [0.15, 0.2) is 15.5 Å². The van der Waals surface area contributed by atoms with Crippen LogP contribution in [0.4, 0.5) is 5.69 Å². The van der Waals surface area contributed by atoms with Gasteiger partial charge in [-0.25, -0.2) is 4.68 Å². The molecule has 2 unspecified atom stereocenters. The third kappa shape index (κ3) is 2.98. The van der Waals surface area contributed by atoms with Gasteiger partial charge in [0.2, 0.25) is 0 Å². The van der Waals surface area contributed by atoms with E-state index in [1.54, 1.807) is 6.20 Å². The lowest BCUT2D eigenvalue weighted by Gasteiger charge is -2.36. The molecule has 0 radical (unpaired) electrons. The maximum atomic E-state index is 12.1. The van der Waals surface area contributed by atoms with Crippen molar-refractivity contribution in [1.82, 2.24) is 9.78 Å². The van der Waals surface area contributed by atoms with Gasteiger partial charge in [-0.15, -0.1) is 0 Å². The lowest BCUT2D eigenvalue weighted by Crippen LogP contribution is -2.46. The number of rotatable bonds is 3. The number of hydrogen-bond acceptors (Lipinski definition) is 5. The summed E-state index contributed by atoms with van der Waals surface area (Å²) in [5.41, 5.74) is 6.59. The molecular weight excluding hydrogens is 312 g/mol. The molecule has 0 saturated carbocycles. The van der Waals surface area contributed by atoms with E-state index < -0.39 is 0 Å². The molecule has 2 rings (SSSR count). The molecule has 0 bridgehead atoms. The Hall–Kier alpha value is -0.920. The highest BCUT2D eigenvalue weighted by Crippen LogP contribution is 2.26. The molecule has 1 saturated heterocycles. The highest BCUT2D eigenvalue weighted by molar-refractivity contribution is 9.10. The Labute approximate surface area is 120 Å². The van der Waals surface area contributed by atoms with Crippen molar-refractivity contribution in [2.45, 2.75) is 25.9 Å². The molecule has 0 amide bonds. The van der Waals surface area contributed by atoms with Gasteiger partial charge in [-0.3, -0.25) is 4.79 Å². The Morgan fingerprint density at radius 1 is 1.63 bits per heavy atom. The highest BCUT2D eigenvalue weighted by atomic mass is 79.9. The first-order chi connectivity index (χ1) is 9.04. The summed E-state index contributed by atoms with van der Waals surface area (Å²) in [7, 11) is 0. The van der Waals surface area contributed by atoms with E-state index in [9.17, 15) is 4.79 Å². The Morgan fingerprint density at radius 2 is 2.37 bits per heavy atom. The fourth-order valence-corrected chi connectivity index (χ4v) is 2.87. The molecule has 1 aliphatic rings. The van der Waals surface area contributed by atoms with Crippen molar-refractivity contribution in [3.63, 3.8) is 0 Å². The van der Waals surface area contributed by atoms with Crippen LogP contribution in [0.5, 0.6) is 0 Å². The van der Waals surface area contributed by atoms with Crippen LogP contribution in [-0.2, 0) is 6.54 Å². The second kappa shape index (κ2) is 6.02. The first kappa shape index (κ1) is 14.5. The van der Waals surface area contributed by atoms with Gasteiger partial charge in [0, 0.05) is 19.1 Å². The van der Waals surface area contributed by atoms with Crippen molar-refractivity contribution in [2.24, 2.45) is 11.7 Å². The van der Waals surface area contributed by atoms with Crippen LogP contribution in [-0.4, -0.2) is 40.6 Å². The Morgan fingerprint density at radius 3 is 3.00 bits per heavy atom. The standard InChI is InChI=1S/C12H19BrN4O2/c1-8-7-16(3-2-9(8)14)10-6-15-17(4-5-18)12(19)11(10)13/h6,8-9,18H,2-5,7,14H2,1H3. The lowest BCUT2D eigenvalue weighted by molar-refractivity contribution is 0.266. The molecule has 3 N–H and O–H groups in total. The van der Waals surface area contributed by atoms with Crippen LogP contribution in [0.2, 0.25) is 0 Å². The van der Waals surface area contributed by atoms with E-state index in [4.69, 9.17) is 10.8 Å². The van der Waals surface area contributed by atoms with E-state index in [0.717, 1.165) is 25.2 Å². The first-order valence-corrected chi connectivity index (χ1v) is 7.21. The predicted octanol–water partition coefficient (Wildman–Crippen LogP) is 0.172. The zero-order chi connectivity index (χ0) is 14.0. The predicted molar refractivity (Wildman–Crippen MR) is 77.3 cm³/mol. The van der Waals surface area contributed by atoms with Gasteiger partial charge in [-0.1, -0.05) is 6.92 Å². The van der Waals surface area contributed by atoms with Gasteiger partial charge in [0.1, 0.15) is 4.47 Å². The molecule has 2 heterocycles. The van der Waals surface area contributed by atoms with Gasteiger partial charge in [0.15, 0.2) is 0 Å². The number of aliphatic hydroxyl groups is 1. The largest absolute Gasteiger partial charge is 0.394 e. The molecule has 1 fully saturated rings. The molecule has 106 valence electrons. The zero-order valence-corrected chi connectivity index (χ0v) is 12.5. The van der Waals surface area contributed by atoms with Crippen LogP contribution in [0, 0.1) is 5.92 Å². The highest BCUT2D eigenvalue weighted by Gasteiger charge is 2.25. The number of anilines is 1. The minimum absolute atomic E-state index is 0.103. The molecular formula is C12H19BrN4O2. The number of halogens is 1. The number of nitrogens with zero attached hydrogens (tertiary/aromatic N) is 3. The molecule has 1 aliphatic heterocycles. The van der Waals surface area contributed by atoms with Crippen LogP contribution in [0.3, 0.4) is 0 Å². The first-order valence-electron chi connectivity index (χ1n) is 6.41. The molecule has 0 aromatic carbocycles. The molecule has 7 heteroatoms. The van der Waals surface area contributed by atoms with Crippen LogP contribution < -0.4 is 16.2 Å². The van der Waals surface area contributed by atoms with Crippen molar-refractivity contribution in [3.05, 3.63) is 21.0 Å². The lowest BCUT2D eigenvalue weighted by atomic mass is 9.94. The normalized spacial score (nSPS) is 23.7. The van der Waals surface area contributed by atoms with Crippen molar-refractivity contribution in [2.75, 3.05) is 24.6 Å². The van der Waals surface area contributed by atoms with Gasteiger partial charge in [-0.2, -0.15) is 5.10 Å². The summed E-state index contributed by atoms with van der Waals surface area (Å²) in [5, 5.41) is 13.0. The zero-order valence-electron chi connectivity index (χ0n) is 10.9. The summed E-state index contributed by atoms with van der Waals surface area (Å²) in [6, 6.07) is 0.220. The number of piperidine rings is 1. The number of aliphatic hydroxyl groups excluding tert-OH is 1. The minimum atomic E-state index is -0.214. The third-order valence-electron chi connectivity index (χ3n) is 3.59. The van der Waals surface area contributed by atoms with Gasteiger partial charge < -0.3 is 15.7 Å². The third-order valence-corrected chi connectivity index (χ3v) is 4.34. The molecule has 0 aliphatic carbocycles. The molecule has 1 aromatic rings. The Bertz CT molecular complexity index is 505. The summed E-state index contributed by atoms with van der Waals surface area (Å²) in [6.07, 6.45) is 2.58. The van der Waals surface area contributed by atoms with E-state index in [2.05, 4.69) is 32.9 Å². The molecule has 6 nitrogen and oxygen atoms in total. The van der Waals surface area contributed by atoms with Crippen molar-refractivity contribution in [3.8, 4) is 0 Å². The summed E-state index contributed by atoms with van der Waals surface area (Å²) in [6.45, 7) is 3.87. The van der Waals surface area contributed by atoms with Crippen molar-refractivity contribution in [1.29, 1.82) is 0 Å². The van der Waals surface area contributed by atoms with E-state index in [0.29, 0.717) is 10.4 Å². The van der Waals surface area contributed by atoms with Crippen LogP contribution in [0.1, 0.15) is 13.3 Å². The number of hydrogen-bond donors (Lipinski definition) is 2. The van der Waals surface area contributed by atoms with Crippen molar-refractivity contribution >= 4 is 21.6 Å². The van der Waals surface area contributed by atoms with Gasteiger partial charge in [0.05, 0.1) is 25.0 Å². The summed E-state index contributed by atoms with van der Waals surface area (Å²) >= 11 is 3.34. The van der Waals surface area contributed by atoms with Gasteiger partial charge >= 0.3 is 0 Å². The average molecular weight is 331 g/mol. The average Bonchev–Trinajstić information content (AvgIpc) is 2.39. The van der Waals surface area contributed by atoms with Crippen LogP contribution in [0.25, 0.3) is 0 Å². The molecule has 0 spiro atoms. The summed E-state index contributed by atoms with van der Waals surface area (Å²) < 4.78 is 1.76. The monoisotopic (exact) mass is 330 g/mol. The van der Waals surface area contributed by atoms with E-state index in [1.165, 1.54) is 4.68 Å². The smallest absolute Gasteiger partial charge is 0.283 e. The maximum Gasteiger partial charge on any atom is 0.283 e. The topological polar surface area (TPSA) is 84.4 Å². The Kier molecular flexibility index (Phi) is 4.59. The van der Waals surface area contributed by atoms with E-state index in [-0.39, 0.29) is 24.8 Å². The molecule has 2 atom stereocenters. The summed E-state index contributed by atoms with van der Waals surface area (Å²) in [5.74, 6) is 0.389. The van der Waals surface area contributed by atoms with Crippen LogP contribution >= 0.6 is 15.9 Å². The van der Waals surface area contributed by atoms with Gasteiger partial charge in [0.25, 0.3) is 5.56 Å². The number of nitrogens with two attached hydrogens (primary N) is 1. The van der Waals surface area contributed by atoms with Crippen molar-refractivity contribution < 1.29 is 5.11 Å². The second-order valence-electron chi connectivity index (χ2n) is 4.97. The molecule has 1 aromatic heterocycles. The SMILES string of the molecule is CC1CN(c2cnn(CCO)c(=O)c2Br)CCC1N.